The van der Waals surface area contributed by atoms with Crippen molar-refractivity contribution in [2.75, 3.05) is 6.54 Å². The van der Waals surface area contributed by atoms with E-state index in [4.69, 9.17) is 23.2 Å². The summed E-state index contributed by atoms with van der Waals surface area (Å²) in [7, 11) is 0. The Kier molecular flexibility index (Phi) is 3.34. The van der Waals surface area contributed by atoms with Crippen molar-refractivity contribution in [3.63, 3.8) is 0 Å². The fraction of sp³-hybridized carbons (Fsp3) is 0.571. The Morgan fingerprint density at radius 2 is 1.94 bits per heavy atom. The molecule has 2 fully saturated rings. The van der Waals surface area contributed by atoms with Crippen LogP contribution in [0.5, 0.6) is 0 Å². The van der Waals surface area contributed by atoms with Gasteiger partial charge in [0.15, 0.2) is 0 Å². The first-order valence-electron chi connectivity index (χ1n) is 6.43. The van der Waals surface area contributed by atoms with Crippen molar-refractivity contribution in [1.29, 1.82) is 0 Å². The summed E-state index contributed by atoms with van der Waals surface area (Å²) < 4.78 is 0. The lowest BCUT2D eigenvalue weighted by Crippen LogP contribution is -2.34. The van der Waals surface area contributed by atoms with E-state index in [0.717, 1.165) is 23.5 Å². The van der Waals surface area contributed by atoms with Gasteiger partial charge in [0, 0.05) is 6.04 Å². The molecule has 1 N–H and O–H groups in total. The van der Waals surface area contributed by atoms with Crippen LogP contribution in [-0.4, -0.2) is 12.6 Å². The first kappa shape index (κ1) is 11.8. The molecule has 0 aliphatic heterocycles. The molecule has 2 atom stereocenters. The molecule has 1 aromatic carbocycles. The van der Waals surface area contributed by atoms with Crippen LogP contribution in [0.4, 0.5) is 0 Å². The van der Waals surface area contributed by atoms with Crippen molar-refractivity contribution < 1.29 is 0 Å². The molecule has 0 amide bonds. The summed E-state index contributed by atoms with van der Waals surface area (Å²) in [5, 5.41) is 5.06. The zero-order valence-electron chi connectivity index (χ0n) is 9.76. The van der Waals surface area contributed by atoms with Crippen LogP contribution >= 0.6 is 23.2 Å². The van der Waals surface area contributed by atoms with E-state index < -0.39 is 0 Å². The molecule has 92 valence electrons. The van der Waals surface area contributed by atoms with Crippen LogP contribution in [0.3, 0.4) is 0 Å². The normalized spacial score (nSPS) is 27.9. The van der Waals surface area contributed by atoms with Crippen LogP contribution < -0.4 is 5.32 Å². The topological polar surface area (TPSA) is 12.0 Å². The smallest absolute Gasteiger partial charge is 0.0627 e. The van der Waals surface area contributed by atoms with Crippen molar-refractivity contribution in [2.45, 2.75) is 37.6 Å². The lowest BCUT2D eigenvalue weighted by Gasteiger charge is -2.38. The van der Waals surface area contributed by atoms with E-state index in [2.05, 4.69) is 11.4 Å². The van der Waals surface area contributed by atoms with Gasteiger partial charge in [0.05, 0.1) is 10.0 Å². The number of hydrogen-bond acceptors (Lipinski definition) is 1. The molecule has 2 unspecified atom stereocenters. The number of benzene rings is 1. The number of nitrogens with one attached hydrogen (secondary N) is 1. The molecule has 0 aromatic heterocycles. The fourth-order valence-electron chi connectivity index (χ4n) is 2.64. The second-order valence-electron chi connectivity index (χ2n) is 5.27. The first-order chi connectivity index (χ1) is 8.25. The molecule has 1 aromatic rings. The van der Waals surface area contributed by atoms with E-state index in [0.29, 0.717) is 10.9 Å². The lowest BCUT2D eigenvalue weighted by atomic mass is 9.70. The van der Waals surface area contributed by atoms with Gasteiger partial charge in [0.1, 0.15) is 0 Å². The maximum atomic E-state index is 6.29. The van der Waals surface area contributed by atoms with E-state index in [1.165, 1.54) is 31.2 Å². The van der Waals surface area contributed by atoms with Gasteiger partial charge in [0.2, 0.25) is 0 Å². The Balaban J connectivity index is 1.68. The molecule has 3 rings (SSSR count). The summed E-state index contributed by atoms with van der Waals surface area (Å²) in [5.41, 5.74) is 1.24. The second-order valence-corrected chi connectivity index (χ2v) is 6.05. The highest BCUT2D eigenvalue weighted by Crippen LogP contribution is 2.46. The zero-order chi connectivity index (χ0) is 11.8. The van der Waals surface area contributed by atoms with Crippen LogP contribution in [0.1, 0.15) is 37.2 Å². The van der Waals surface area contributed by atoms with Crippen LogP contribution in [0, 0.1) is 5.92 Å². The van der Waals surface area contributed by atoms with Crippen LogP contribution in [0.25, 0.3) is 0 Å². The fourth-order valence-corrected chi connectivity index (χ4v) is 3.08. The van der Waals surface area contributed by atoms with Gasteiger partial charge in [0.25, 0.3) is 0 Å². The maximum absolute atomic E-state index is 6.29. The Morgan fingerprint density at radius 1 is 1.12 bits per heavy atom. The van der Waals surface area contributed by atoms with Crippen molar-refractivity contribution >= 4 is 23.2 Å². The van der Waals surface area contributed by atoms with Gasteiger partial charge < -0.3 is 5.32 Å². The molecule has 0 heterocycles. The third kappa shape index (κ3) is 2.47. The van der Waals surface area contributed by atoms with Crippen molar-refractivity contribution in [3.05, 3.63) is 33.8 Å². The summed E-state index contributed by atoms with van der Waals surface area (Å²) in [6.07, 6.45) is 5.27. The van der Waals surface area contributed by atoms with Gasteiger partial charge >= 0.3 is 0 Å². The van der Waals surface area contributed by atoms with E-state index in [1.807, 2.05) is 12.1 Å². The quantitative estimate of drug-likeness (QED) is 0.862. The summed E-state index contributed by atoms with van der Waals surface area (Å²) in [6.45, 7) is 1.14. The Bertz CT molecular complexity index is 415. The molecule has 1 nitrogen and oxygen atoms in total. The molecular weight excluding hydrogens is 253 g/mol. The van der Waals surface area contributed by atoms with Crippen molar-refractivity contribution in [3.8, 4) is 0 Å². The highest BCUT2D eigenvalue weighted by molar-refractivity contribution is 6.42. The molecule has 0 spiro atoms. The highest BCUT2D eigenvalue weighted by Gasteiger charge is 2.34. The summed E-state index contributed by atoms with van der Waals surface area (Å²) in [6, 6.07) is 6.80. The van der Waals surface area contributed by atoms with E-state index in [-0.39, 0.29) is 0 Å². The van der Waals surface area contributed by atoms with E-state index >= 15 is 0 Å². The minimum atomic E-state index is 0.604. The van der Waals surface area contributed by atoms with E-state index in [9.17, 15) is 0 Å². The predicted octanol–water partition coefficient (Wildman–Crippen LogP) is 4.24. The van der Waals surface area contributed by atoms with Gasteiger partial charge in [-0.05, 0) is 55.7 Å². The minimum absolute atomic E-state index is 0.604. The lowest BCUT2D eigenvalue weighted by molar-refractivity contribution is 0.245. The second kappa shape index (κ2) is 4.79. The first-order valence-corrected chi connectivity index (χ1v) is 7.18. The summed E-state index contributed by atoms with van der Waals surface area (Å²) in [5.74, 6) is 1.35. The molecule has 2 saturated carbocycles. The Hall–Kier alpha value is -0.240. The molecule has 17 heavy (non-hydrogen) atoms. The number of rotatable bonds is 4. The van der Waals surface area contributed by atoms with Gasteiger partial charge in [-0.3, -0.25) is 0 Å². The third-order valence-corrected chi connectivity index (χ3v) is 4.88. The average molecular weight is 270 g/mol. The predicted molar refractivity (Wildman–Crippen MR) is 73.0 cm³/mol. The van der Waals surface area contributed by atoms with Gasteiger partial charge in [-0.2, -0.15) is 0 Å². The van der Waals surface area contributed by atoms with Crippen LogP contribution in [0.2, 0.25) is 10.0 Å². The van der Waals surface area contributed by atoms with Crippen LogP contribution in [-0.2, 0) is 0 Å². The molecule has 0 bridgehead atoms. The minimum Gasteiger partial charge on any atom is -0.314 e. The number of halogens is 2. The highest BCUT2D eigenvalue weighted by atomic mass is 35.5. The average Bonchev–Trinajstić information content (AvgIpc) is 3.07. The van der Waals surface area contributed by atoms with E-state index in [1.54, 1.807) is 0 Å². The number of hydrogen-bond donors (Lipinski definition) is 1. The molecule has 2 aliphatic rings. The Morgan fingerprint density at radius 3 is 2.59 bits per heavy atom. The standard InChI is InChI=1S/C14H17Cl2N/c15-13-3-1-2-12(14(13)16)11-7-4-9(11)8-17-10-5-6-10/h1-3,9-11,17H,4-8H2. The molecule has 3 heteroatoms. The van der Waals surface area contributed by atoms with Gasteiger partial charge in [-0.1, -0.05) is 35.3 Å². The maximum Gasteiger partial charge on any atom is 0.0627 e. The molecule has 0 radical (unpaired) electrons. The van der Waals surface area contributed by atoms with Crippen molar-refractivity contribution in [1.82, 2.24) is 5.32 Å². The monoisotopic (exact) mass is 269 g/mol. The zero-order valence-corrected chi connectivity index (χ0v) is 11.3. The summed E-state index contributed by atoms with van der Waals surface area (Å²) >= 11 is 12.4. The van der Waals surface area contributed by atoms with Gasteiger partial charge in [-0.25, -0.2) is 0 Å². The van der Waals surface area contributed by atoms with Gasteiger partial charge in [-0.15, -0.1) is 0 Å². The molecule has 0 saturated heterocycles. The SMILES string of the molecule is Clc1cccc(C2CCC2CNC2CC2)c1Cl. The third-order valence-electron chi connectivity index (χ3n) is 4.04. The largest absolute Gasteiger partial charge is 0.314 e. The molecular formula is C14H17Cl2N. The van der Waals surface area contributed by atoms with Crippen molar-refractivity contribution in [2.24, 2.45) is 5.92 Å². The Labute approximate surface area is 112 Å². The molecule has 2 aliphatic carbocycles. The van der Waals surface area contributed by atoms with Crippen LogP contribution in [0.15, 0.2) is 18.2 Å². The summed E-state index contributed by atoms with van der Waals surface area (Å²) in [4.78, 5) is 0.